The largest absolute Gasteiger partial charge is 0.394 e. The molecule has 1 fully saturated rings. The molecule has 3 heteroatoms. The minimum absolute atomic E-state index is 0.00676. The van der Waals surface area contributed by atoms with Crippen LogP contribution in [0.4, 0.5) is 0 Å². The summed E-state index contributed by atoms with van der Waals surface area (Å²) in [4.78, 5) is 0. The molecule has 2 rings (SSSR count). The molecule has 0 aliphatic carbocycles. The van der Waals surface area contributed by atoms with Crippen molar-refractivity contribution < 1.29 is 9.84 Å². The highest BCUT2D eigenvalue weighted by Gasteiger charge is 2.17. The average Bonchev–Trinajstić information content (AvgIpc) is 2.94. The highest BCUT2D eigenvalue weighted by Crippen LogP contribution is 2.17. The Morgan fingerprint density at radius 3 is 2.60 bits per heavy atom. The molecule has 0 radical (unpaired) electrons. The van der Waals surface area contributed by atoms with Crippen LogP contribution in [0.5, 0.6) is 0 Å². The topological polar surface area (TPSA) is 41.5 Å². The van der Waals surface area contributed by atoms with Crippen LogP contribution in [0.15, 0.2) is 24.3 Å². The van der Waals surface area contributed by atoms with Crippen molar-refractivity contribution in [2.24, 2.45) is 5.92 Å². The van der Waals surface area contributed by atoms with E-state index in [9.17, 15) is 5.11 Å². The van der Waals surface area contributed by atoms with E-state index in [0.717, 1.165) is 38.0 Å². The van der Waals surface area contributed by atoms with Gasteiger partial charge in [0.2, 0.25) is 0 Å². The molecule has 3 nitrogen and oxygen atoms in total. The molecule has 0 aromatic heterocycles. The molecule has 1 saturated heterocycles. The van der Waals surface area contributed by atoms with E-state index < -0.39 is 0 Å². The summed E-state index contributed by atoms with van der Waals surface area (Å²) >= 11 is 0. The molecule has 2 N–H and O–H groups in total. The molecule has 1 heterocycles. The van der Waals surface area contributed by atoms with Crippen LogP contribution in [0.3, 0.4) is 0 Å². The summed E-state index contributed by atoms with van der Waals surface area (Å²) in [5.74, 6) is 0.673. The van der Waals surface area contributed by atoms with E-state index in [2.05, 4.69) is 43.4 Å². The van der Waals surface area contributed by atoms with E-state index >= 15 is 0 Å². The molecular formula is C17H27NO2. The minimum Gasteiger partial charge on any atom is -0.394 e. The van der Waals surface area contributed by atoms with E-state index in [1.54, 1.807) is 0 Å². The molecule has 0 spiro atoms. The molecule has 1 aromatic carbocycles. The Bertz CT molecular complexity index is 382. The Hall–Kier alpha value is -0.900. The summed E-state index contributed by atoms with van der Waals surface area (Å²) in [5.41, 5.74) is 2.51. The van der Waals surface area contributed by atoms with Gasteiger partial charge in [0, 0.05) is 13.2 Å². The Balaban J connectivity index is 1.89. The smallest absolute Gasteiger partial charge is 0.0700 e. The van der Waals surface area contributed by atoms with Gasteiger partial charge < -0.3 is 15.2 Å². The first-order valence-electron chi connectivity index (χ1n) is 7.73. The van der Waals surface area contributed by atoms with Crippen LogP contribution in [0, 0.1) is 5.92 Å². The number of hydrogen-bond donors (Lipinski definition) is 2. The van der Waals surface area contributed by atoms with Gasteiger partial charge in [0.1, 0.15) is 0 Å². The van der Waals surface area contributed by atoms with Crippen LogP contribution in [-0.2, 0) is 11.2 Å². The predicted octanol–water partition coefficient (Wildman–Crippen LogP) is 2.69. The molecule has 2 atom stereocenters. The molecule has 0 bridgehead atoms. The lowest BCUT2D eigenvalue weighted by Gasteiger charge is -2.19. The molecule has 0 saturated carbocycles. The van der Waals surface area contributed by atoms with Crippen molar-refractivity contribution in [3.8, 4) is 0 Å². The third kappa shape index (κ3) is 4.58. The Kier molecular flexibility index (Phi) is 6.02. The number of aliphatic hydroxyl groups excluding tert-OH is 1. The van der Waals surface area contributed by atoms with Gasteiger partial charge in [-0.15, -0.1) is 0 Å². The second kappa shape index (κ2) is 7.77. The summed E-state index contributed by atoms with van der Waals surface area (Å²) in [6, 6.07) is 8.60. The van der Waals surface area contributed by atoms with Gasteiger partial charge in [0.25, 0.3) is 0 Å². The number of ether oxygens (including phenoxy) is 1. The summed E-state index contributed by atoms with van der Waals surface area (Å²) in [7, 11) is 0. The Morgan fingerprint density at radius 1 is 1.30 bits per heavy atom. The number of hydrogen-bond acceptors (Lipinski definition) is 3. The Morgan fingerprint density at radius 2 is 2.05 bits per heavy atom. The van der Waals surface area contributed by atoms with Gasteiger partial charge in [-0.25, -0.2) is 0 Å². The molecular weight excluding hydrogens is 250 g/mol. The van der Waals surface area contributed by atoms with Crippen molar-refractivity contribution in [1.82, 2.24) is 5.32 Å². The number of nitrogens with one attached hydrogen (secondary N) is 1. The summed E-state index contributed by atoms with van der Waals surface area (Å²) in [5, 5.41) is 13.0. The fraction of sp³-hybridized carbons (Fsp3) is 0.647. The summed E-state index contributed by atoms with van der Waals surface area (Å²) in [6.45, 7) is 6.27. The van der Waals surface area contributed by atoms with Crippen LogP contribution >= 0.6 is 0 Å². The van der Waals surface area contributed by atoms with E-state index in [4.69, 9.17) is 4.74 Å². The first-order chi connectivity index (χ1) is 9.69. The fourth-order valence-electron chi connectivity index (χ4n) is 2.72. The van der Waals surface area contributed by atoms with Gasteiger partial charge in [0.05, 0.1) is 18.8 Å². The molecule has 2 unspecified atom stereocenters. The van der Waals surface area contributed by atoms with E-state index in [1.165, 1.54) is 5.56 Å². The Labute approximate surface area is 122 Å². The van der Waals surface area contributed by atoms with Crippen molar-refractivity contribution in [3.05, 3.63) is 35.4 Å². The average molecular weight is 277 g/mol. The number of rotatable bonds is 7. The third-order valence-corrected chi connectivity index (χ3v) is 3.82. The monoisotopic (exact) mass is 277 g/mol. The molecule has 1 aliphatic rings. The van der Waals surface area contributed by atoms with Crippen molar-refractivity contribution in [3.63, 3.8) is 0 Å². The lowest BCUT2D eigenvalue weighted by molar-refractivity contribution is 0.104. The van der Waals surface area contributed by atoms with Gasteiger partial charge in [0.15, 0.2) is 0 Å². The second-order valence-electron chi connectivity index (χ2n) is 6.12. The lowest BCUT2D eigenvalue weighted by atomic mass is 9.99. The zero-order valence-corrected chi connectivity index (χ0v) is 12.6. The van der Waals surface area contributed by atoms with Gasteiger partial charge in [-0.3, -0.25) is 0 Å². The van der Waals surface area contributed by atoms with Crippen molar-refractivity contribution in [1.29, 1.82) is 0 Å². The van der Waals surface area contributed by atoms with Gasteiger partial charge in [-0.05, 0) is 36.3 Å². The van der Waals surface area contributed by atoms with Crippen LogP contribution in [-0.4, -0.2) is 31.0 Å². The standard InChI is InChI=1S/C17H27NO2/c1-13(2)10-14-5-7-15(8-6-14)17(12-19)18-11-16-4-3-9-20-16/h5-8,13,16-19H,3-4,9-12H2,1-2H3. The van der Waals surface area contributed by atoms with Crippen molar-refractivity contribution >= 4 is 0 Å². The van der Waals surface area contributed by atoms with Crippen LogP contribution in [0.2, 0.25) is 0 Å². The predicted molar refractivity (Wildman–Crippen MR) is 81.8 cm³/mol. The van der Waals surface area contributed by atoms with Gasteiger partial charge >= 0.3 is 0 Å². The molecule has 1 aliphatic heterocycles. The SMILES string of the molecule is CC(C)Cc1ccc(C(CO)NCC2CCCO2)cc1. The highest BCUT2D eigenvalue weighted by atomic mass is 16.5. The fourth-order valence-corrected chi connectivity index (χ4v) is 2.72. The number of aliphatic hydroxyl groups is 1. The summed E-state index contributed by atoms with van der Waals surface area (Å²) in [6.07, 6.45) is 3.69. The summed E-state index contributed by atoms with van der Waals surface area (Å²) < 4.78 is 5.60. The maximum Gasteiger partial charge on any atom is 0.0700 e. The number of benzene rings is 1. The third-order valence-electron chi connectivity index (χ3n) is 3.82. The first kappa shape index (κ1) is 15.5. The maximum atomic E-state index is 9.56. The van der Waals surface area contributed by atoms with Crippen LogP contribution in [0.1, 0.15) is 43.9 Å². The molecule has 0 amide bonds. The molecule has 20 heavy (non-hydrogen) atoms. The second-order valence-corrected chi connectivity index (χ2v) is 6.12. The zero-order chi connectivity index (χ0) is 14.4. The highest BCUT2D eigenvalue weighted by molar-refractivity contribution is 5.25. The van der Waals surface area contributed by atoms with Crippen molar-refractivity contribution in [2.75, 3.05) is 19.8 Å². The van der Waals surface area contributed by atoms with Crippen molar-refractivity contribution in [2.45, 2.75) is 45.3 Å². The van der Waals surface area contributed by atoms with Crippen LogP contribution < -0.4 is 5.32 Å². The van der Waals surface area contributed by atoms with Crippen LogP contribution in [0.25, 0.3) is 0 Å². The van der Waals surface area contributed by atoms with E-state index in [-0.39, 0.29) is 12.6 Å². The quantitative estimate of drug-likeness (QED) is 0.805. The van der Waals surface area contributed by atoms with E-state index in [1.807, 2.05) is 0 Å². The van der Waals surface area contributed by atoms with Gasteiger partial charge in [-0.1, -0.05) is 38.1 Å². The maximum absolute atomic E-state index is 9.56. The zero-order valence-electron chi connectivity index (χ0n) is 12.6. The minimum atomic E-state index is 0.00676. The van der Waals surface area contributed by atoms with E-state index in [0.29, 0.717) is 12.0 Å². The molecule has 112 valence electrons. The lowest BCUT2D eigenvalue weighted by Crippen LogP contribution is -2.31. The molecule has 1 aromatic rings. The van der Waals surface area contributed by atoms with Gasteiger partial charge in [-0.2, -0.15) is 0 Å². The normalized spacial score (nSPS) is 20.5. The first-order valence-corrected chi connectivity index (χ1v) is 7.73.